The third-order valence-corrected chi connectivity index (χ3v) is 3.16. The highest BCUT2D eigenvalue weighted by Crippen LogP contribution is 2.51. The summed E-state index contributed by atoms with van der Waals surface area (Å²) in [6.07, 6.45) is 4.00. The molecule has 0 saturated heterocycles. The number of methoxy groups -OCH3 is 1. The van der Waals surface area contributed by atoms with Gasteiger partial charge in [0, 0.05) is 24.1 Å². The molecule has 1 saturated carbocycles. The zero-order valence-electron chi connectivity index (χ0n) is 8.75. The molecule has 0 amide bonds. The van der Waals surface area contributed by atoms with Crippen molar-refractivity contribution in [1.29, 1.82) is 0 Å². The number of rotatable bonds is 4. The standard InChI is InChI=1S/C11H17NO2/c1-8(12)11(4-5-11)10-9(7-13-2)3-6-14-10/h3,6,8H,4-5,7,12H2,1-2H3. The normalized spacial score (nSPS) is 20.8. The highest BCUT2D eigenvalue weighted by Gasteiger charge is 2.51. The van der Waals surface area contributed by atoms with Crippen LogP contribution in [0.5, 0.6) is 0 Å². The summed E-state index contributed by atoms with van der Waals surface area (Å²) in [6.45, 7) is 2.66. The van der Waals surface area contributed by atoms with Crippen molar-refractivity contribution in [3.63, 3.8) is 0 Å². The first kappa shape index (κ1) is 9.74. The van der Waals surface area contributed by atoms with Gasteiger partial charge in [0.05, 0.1) is 12.9 Å². The Morgan fingerprint density at radius 3 is 2.86 bits per heavy atom. The highest BCUT2D eigenvalue weighted by atomic mass is 16.5. The summed E-state index contributed by atoms with van der Waals surface area (Å²) in [6, 6.07) is 2.13. The number of hydrogen-bond donors (Lipinski definition) is 1. The van der Waals surface area contributed by atoms with E-state index in [2.05, 4.69) is 0 Å². The first-order valence-corrected chi connectivity index (χ1v) is 5.02. The topological polar surface area (TPSA) is 48.4 Å². The molecule has 0 spiro atoms. The Labute approximate surface area is 84.2 Å². The van der Waals surface area contributed by atoms with Crippen LogP contribution >= 0.6 is 0 Å². The van der Waals surface area contributed by atoms with Crippen molar-refractivity contribution in [2.24, 2.45) is 5.73 Å². The molecule has 2 rings (SSSR count). The van der Waals surface area contributed by atoms with E-state index in [1.54, 1.807) is 13.4 Å². The van der Waals surface area contributed by atoms with Crippen molar-refractivity contribution in [1.82, 2.24) is 0 Å². The summed E-state index contributed by atoms with van der Waals surface area (Å²) in [4.78, 5) is 0. The Hall–Kier alpha value is -0.800. The van der Waals surface area contributed by atoms with E-state index >= 15 is 0 Å². The fourth-order valence-corrected chi connectivity index (χ4v) is 2.07. The molecule has 1 aliphatic rings. The molecule has 1 heterocycles. The maximum absolute atomic E-state index is 5.99. The van der Waals surface area contributed by atoms with Crippen LogP contribution in [0.25, 0.3) is 0 Å². The Morgan fingerprint density at radius 1 is 1.64 bits per heavy atom. The van der Waals surface area contributed by atoms with Crippen LogP contribution in [0.1, 0.15) is 31.1 Å². The maximum Gasteiger partial charge on any atom is 0.116 e. The summed E-state index contributed by atoms with van der Waals surface area (Å²) in [7, 11) is 1.70. The van der Waals surface area contributed by atoms with Crippen LogP contribution in [-0.4, -0.2) is 13.2 Å². The molecule has 3 nitrogen and oxygen atoms in total. The van der Waals surface area contributed by atoms with Crippen LogP contribution in [-0.2, 0) is 16.8 Å². The third-order valence-electron chi connectivity index (χ3n) is 3.16. The minimum Gasteiger partial charge on any atom is -0.468 e. The summed E-state index contributed by atoms with van der Waals surface area (Å²) in [5.74, 6) is 1.04. The number of ether oxygens (including phenoxy) is 1. The molecule has 1 aromatic heterocycles. The van der Waals surface area contributed by atoms with Crippen molar-refractivity contribution in [2.75, 3.05) is 7.11 Å². The van der Waals surface area contributed by atoms with Gasteiger partial charge in [-0.15, -0.1) is 0 Å². The van der Waals surface area contributed by atoms with Gasteiger partial charge in [0.2, 0.25) is 0 Å². The van der Waals surface area contributed by atoms with E-state index in [9.17, 15) is 0 Å². The zero-order chi connectivity index (χ0) is 10.2. The molecule has 1 aromatic rings. The predicted octanol–water partition coefficient (Wildman–Crippen LogP) is 1.80. The number of nitrogens with two attached hydrogens (primary N) is 1. The molecule has 1 fully saturated rings. The van der Waals surface area contributed by atoms with Gasteiger partial charge in [0.1, 0.15) is 5.76 Å². The van der Waals surface area contributed by atoms with Gasteiger partial charge in [-0.2, -0.15) is 0 Å². The van der Waals surface area contributed by atoms with E-state index in [1.807, 2.05) is 13.0 Å². The van der Waals surface area contributed by atoms with E-state index in [-0.39, 0.29) is 11.5 Å². The average molecular weight is 195 g/mol. The van der Waals surface area contributed by atoms with Gasteiger partial charge in [0.15, 0.2) is 0 Å². The van der Waals surface area contributed by atoms with Crippen LogP contribution in [0.15, 0.2) is 16.7 Å². The predicted molar refractivity (Wildman–Crippen MR) is 54.0 cm³/mol. The number of furan rings is 1. The molecule has 1 atom stereocenters. The van der Waals surface area contributed by atoms with E-state index in [0.29, 0.717) is 6.61 Å². The van der Waals surface area contributed by atoms with Crippen molar-refractivity contribution in [3.8, 4) is 0 Å². The molecule has 0 radical (unpaired) electrons. The Morgan fingerprint density at radius 2 is 2.36 bits per heavy atom. The van der Waals surface area contributed by atoms with Crippen LogP contribution in [0.2, 0.25) is 0 Å². The van der Waals surface area contributed by atoms with E-state index in [1.165, 1.54) is 0 Å². The van der Waals surface area contributed by atoms with Gasteiger partial charge in [-0.1, -0.05) is 0 Å². The van der Waals surface area contributed by atoms with Gasteiger partial charge >= 0.3 is 0 Å². The monoisotopic (exact) mass is 195 g/mol. The fourth-order valence-electron chi connectivity index (χ4n) is 2.07. The molecule has 1 unspecified atom stereocenters. The molecule has 3 heteroatoms. The first-order valence-electron chi connectivity index (χ1n) is 5.02. The molecular weight excluding hydrogens is 178 g/mol. The summed E-state index contributed by atoms with van der Waals surface area (Å²) < 4.78 is 10.7. The van der Waals surface area contributed by atoms with Gasteiger partial charge < -0.3 is 14.9 Å². The molecular formula is C11H17NO2. The van der Waals surface area contributed by atoms with Gasteiger partial charge in [0.25, 0.3) is 0 Å². The first-order chi connectivity index (χ1) is 6.70. The second-order valence-electron chi connectivity index (χ2n) is 4.15. The summed E-state index contributed by atoms with van der Waals surface area (Å²) in [5.41, 5.74) is 7.22. The smallest absolute Gasteiger partial charge is 0.116 e. The van der Waals surface area contributed by atoms with Crippen molar-refractivity contribution in [2.45, 2.75) is 37.8 Å². The Balaban J connectivity index is 2.27. The van der Waals surface area contributed by atoms with Crippen molar-refractivity contribution < 1.29 is 9.15 Å². The fraction of sp³-hybridized carbons (Fsp3) is 0.636. The van der Waals surface area contributed by atoms with E-state index < -0.39 is 0 Å². The Bertz CT molecular complexity index is 313. The molecule has 0 aliphatic heterocycles. The summed E-state index contributed by atoms with van der Waals surface area (Å²) >= 11 is 0. The van der Waals surface area contributed by atoms with Gasteiger partial charge in [-0.3, -0.25) is 0 Å². The third kappa shape index (κ3) is 1.37. The van der Waals surface area contributed by atoms with Gasteiger partial charge in [-0.05, 0) is 25.8 Å². The molecule has 78 valence electrons. The lowest BCUT2D eigenvalue weighted by Crippen LogP contribution is -2.31. The van der Waals surface area contributed by atoms with Crippen LogP contribution < -0.4 is 5.73 Å². The van der Waals surface area contributed by atoms with Crippen molar-refractivity contribution in [3.05, 3.63) is 23.7 Å². The molecule has 2 N–H and O–H groups in total. The second-order valence-corrected chi connectivity index (χ2v) is 4.15. The summed E-state index contributed by atoms with van der Waals surface area (Å²) in [5, 5.41) is 0. The van der Waals surface area contributed by atoms with Crippen LogP contribution in [0, 0.1) is 0 Å². The molecule has 0 aromatic carbocycles. The average Bonchev–Trinajstić information content (AvgIpc) is 2.83. The molecule has 1 aliphatic carbocycles. The zero-order valence-corrected chi connectivity index (χ0v) is 8.75. The highest BCUT2D eigenvalue weighted by molar-refractivity contribution is 5.32. The minimum absolute atomic E-state index is 0.0946. The maximum atomic E-state index is 5.99. The lowest BCUT2D eigenvalue weighted by Gasteiger charge is -2.18. The number of hydrogen-bond acceptors (Lipinski definition) is 3. The lowest BCUT2D eigenvalue weighted by molar-refractivity contribution is 0.181. The molecule has 14 heavy (non-hydrogen) atoms. The largest absolute Gasteiger partial charge is 0.468 e. The van der Waals surface area contributed by atoms with Crippen LogP contribution in [0.4, 0.5) is 0 Å². The lowest BCUT2D eigenvalue weighted by atomic mass is 9.93. The minimum atomic E-state index is 0.0946. The second kappa shape index (κ2) is 3.41. The molecule has 0 bridgehead atoms. The van der Waals surface area contributed by atoms with Crippen LogP contribution in [0.3, 0.4) is 0 Å². The Kier molecular flexibility index (Phi) is 2.37. The van der Waals surface area contributed by atoms with E-state index in [4.69, 9.17) is 14.9 Å². The quantitative estimate of drug-likeness (QED) is 0.797. The van der Waals surface area contributed by atoms with Gasteiger partial charge in [-0.25, -0.2) is 0 Å². The SMILES string of the molecule is COCc1ccoc1C1(C(C)N)CC1. The van der Waals surface area contributed by atoms with Crippen molar-refractivity contribution >= 4 is 0 Å². The van der Waals surface area contributed by atoms with E-state index in [0.717, 1.165) is 24.2 Å².